The third-order valence-corrected chi connectivity index (χ3v) is 4.01. The van der Waals surface area contributed by atoms with Crippen molar-refractivity contribution < 1.29 is 9.90 Å². The second-order valence-corrected chi connectivity index (χ2v) is 7.41. The van der Waals surface area contributed by atoms with Crippen molar-refractivity contribution in [3.05, 3.63) is 17.5 Å². The van der Waals surface area contributed by atoms with Gasteiger partial charge in [-0.3, -0.25) is 10.1 Å². The molecule has 1 aromatic rings. The van der Waals surface area contributed by atoms with Crippen LogP contribution in [0.4, 0.5) is 0 Å². The van der Waals surface area contributed by atoms with Gasteiger partial charge in [-0.1, -0.05) is 18.7 Å². The number of carboxylic acids is 1. The fourth-order valence-electron chi connectivity index (χ4n) is 2.39. The van der Waals surface area contributed by atoms with Crippen LogP contribution in [0.3, 0.4) is 0 Å². The van der Waals surface area contributed by atoms with Gasteiger partial charge in [-0.25, -0.2) is 9.97 Å². The van der Waals surface area contributed by atoms with Crippen molar-refractivity contribution in [3.8, 4) is 0 Å². The minimum Gasteiger partial charge on any atom is -0.480 e. The molecule has 6 heteroatoms. The molecular formula is C15H25N3O2S. The first kappa shape index (κ1) is 17.9. The normalized spacial score (nSPS) is 15.8. The van der Waals surface area contributed by atoms with Crippen LogP contribution in [0.15, 0.2) is 11.2 Å². The van der Waals surface area contributed by atoms with Crippen molar-refractivity contribution >= 4 is 17.7 Å². The smallest absolute Gasteiger partial charge is 0.323 e. The molecule has 0 spiro atoms. The number of thioether (sulfide) groups is 1. The summed E-state index contributed by atoms with van der Waals surface area (Å²) < 4.78 is 0. The Kier molecular flexibility index (Phi) is 6.16. The number of rotatable bonds is 7. The summed E-state index contributed by atoms with van der Waals surface area (Å²) in [5.74, 6) is -0.829. The van der Waals surface area contributed by atoms with Gasteiger partial charge in [-0.2, -0.15) is 0 Å². The average Bonchev–Trinajstić information content (AvgIpc) is 2.24. The van der Waals surface area contributed by atoms with E-state index in [1.807, 2.05) is 40.7 Å². The van der Waals surface area contributed by atoms with E-state index in [-0.39, 0.29) is 11.3 Å². The van der Waals surface area contributed by atoms with Gasteiger partial charge in [0.1, 0.15) is 5.54 Å². The van der Waals surface area contributed by atoms with Crippen LogP contribution in [0.2, 0.25) is 0 Å². The van der Waals surface area contributed by atoms with Crippen molar-refractivity contribution in [1.29, 1.82) is 0 Å². The maximum absolute atomic E-state index is 11.5. The van der Waals surface area contributed by atoms with E-state index in [0.29, 0.717) is 11.6 Å². The number of carbonyl (C=O) groups is 1. The van der Waals surface area contributed by atoms with Gasteiger partial charge in [0.25, 0.3) is 0 Å². The first-order valence-electron chi connectivity index (χ1n) is 7.12. The van der Waals surface area contributed by atoms with E-state index < -0.39 is 11.5 Å². The Morgan fingerprint density at radius 3 is 2.29 bits per heavy atom. The number of carboxylic acid groups (broad SMARTS) is 1. The lowest BCUT2D eigenvalue weighted by Crippen LogP contribution is -2.53. The molecule has 1 rings (SSSR count). The van der Waals surface area contributed by atoms with Gasteiger partial charge in [-0.05, 0) is 47.1 Å². The van der Waals surface area contributed by atoms with E-state index in [4.69, 9.17) is 0 Å². The summed E-state index contributed by atoms with van der Waals surface area (Å²) in [4.78, 5) is 20.3. The zero-order valence-corrected chi connectivity index (χ0v) is 14.4. The number of aromatic nitrogens is 2. The van der Waals surface area contributed by atoms with E-state index in [1.54, 1.807) is 6.92 Å². The van der Waals surface area contributed by atoms with E-state index in [9.17, 15) is 9.90 Å². The lowest BCUT2D eigenvalue weighted by atomic mass is 9.95. The number of aliphatic carboxylic acids is 1. The van der Waals surface area contributed by atoms with Gasteiger partial charge >= 0.3 is 5.97 Å². The summed E-state index contributed by atoms with van der Waals surface area (Å²) in [6.45, 7) is 11.5. The maximum Gasteiger partial charge on any atom is 0.323 e. The van der Waals surface area contributed by atoms with Crippen molar-refractivity contribution in [2.24, 2.45) is 0 Å². The minimum atomic E-state index is -0.945. The molecule has 0 fully saturated rings. The predicted octanol–water partition coefficient (Wildman–Crippen LogP) is 2.81. The maximum atomic E-state index is 11.5. The molecule has 118 valence electrons. The van der Waals surface area contributed by atoms with E-state index >= 15 is 0 Å². The first-order valence-corrected chi connectivity index (χ1v) is 8.00. The molecule has 0 aliphatic rings. The highest BCUT2D eigenvalue weighted by Gasteiger charge is 2.35. The summed E-state index contributed by atoms with van der Waals surface area (Å²) in [5.41, 5.74) is 0.913. The van der Waals surface area contributed by atoms with E-state index in [1.165, 1.54) is 11.8 Å². The Hall–Kier alpha value is -1.14. The van der Waals surface area contributed by atoms with Crippen LogP contribution in [0.1, 0.15) is 45.5 Å². The zero-order valence-electron chi connectivity index (χ0n) is 13.6. The van der Waals surface area contributed by atoms with Crippen LogP contribution in [-0.4, -0.2) is 37.9 Å². The topological polar surface area (TPSA) is 75.1 Å². The molecule has 0 aliphatic heterocycles. The molecule has 0 amide bonds. The number of hydrogen-bond acceptors (Lipinski definition) is 5. The Labute approximate surface area is 131 Å². The molecule has 2 atom stereocenters. The molecule has 0 bridgehead atoms. The van der Waals surface area contributed by atoms with Gasteiger partial charge < -0.3 is 5.11 Å². The average molecular weight is 311 g/mol. The van der Waals surface area contributed by atoms with Crippen LogP contribution in [-0.2, 0) is 4.79 Å². The molecular weight excluding hydrogens is 286 g/mol. The quantitative estimate of drug-likeness (QED) is 0.596. The third kappa shape index (κ3) is 5.63. The van der Waals surface area contributed by atoms with E-state index in [0.717, 1.165) is 11.4 Å². The fraction of sp³-hybridized carbons (Fsp3) is 0.667. The summed E-state index contributed by atoms with van der Waals surface area (Å²) in [6.07, 6.45) is 0.502. The van der Waals surface area contributed by atoms with Gasteiger partial charge in [0.2, 0.25) is 0 Å². The molecule has 5 nitrogen and oxygen atoms in total. The lowest BCUT2D eigenvalue weighted by molar-refractivity contribution is -0.144. The number of aryl methyl sites for hydroxylation is 2. The molecule has 0 saturated carbocycles. The van der Waals surface area contributed by atoms with Crippen molar-refractivity contribution in [2.75, 3.05) is 0 Å². The first-order chi connectivity index (χ1) is 9.62. The monoisotopic (exact) mass is 311 g/mol. The van der Waals surface area contributed by atoms with Crippen LogP contribution in [0.5, 0.6) is 0 Å². The molecule has 0 aliphatic carbocycles. The van der Waals surface area contributed by atoms with Crippen molar-refractivity contribution in [2.45, 2.75) is 70.0 Å². The lowest BCUT2D eigenvalue weighted by Gasteiger charge is -2.30. The summed E-state index contributed by atoms with van der Waals surface area (Å²) in [7, 11) is 0. The summed E-state index contributed by atoms with van der Waals surface area (Å²) >= 11 is 1.52. The van der Waals surface area contributed by atoms with Crippen molar-refractivity contribution in [3.63, 3.8) is 0 Å². The predicted molar refractivity (Wildman–Crippen MR) is 85.8 cm³/mol. The molecule has 2 N–H and O–H groups in total. The van der Waals surface area contributed by atoms with E-state index in [2.05, 4.69) is 15.3 Å². The number of hydrogen-bond donors (Lipinski definition) is 2. The SMILES string of the molecule is Cc1cc(C)nc(SC(C)CC(C)(NC(C)C)C(=O)O)n1. The van der Waals surface area contributed by atoms with Crippen molar-refractivity contribution in [1.82, 2.24) is 15.3 Å². The largest absolute Gasteiger partial charge is 0.480 e. The second kappa shape index (κ2) is 7.22. The van der Waals surface area contributed by atoms with Crippen LogP contribution >= 0.6 is 11.8 Å². The van der Waals surface area contributed by atoms with Crippen LogP contribution in [0, 0.1) is 13.8 Å². The Morgan fingerprint density at radius 1 is 1.33 bits per heavy atom. The third-order valence-electron chi connectivity index (χ3n) is 3.04. The molecule has 0 saturated heterocycles. The molecule has 0 aromatic carbocycles. The van der Waals surface area contributed by atoms with Gasteiger partial charge in [0.15, 0.2) is 5.16 Å². The molecule has 1 aromatic heterocycles. The second-order valence-electron chi connectivity index (χ2n) is 6.00. The molecule has 21 heavy (non-hydrogen) atoms. The fourth-order valence-corrected chi connectivity index (χ4v) is 3.56. The zero-order chi connectivity index (χ0) is 16.2. The number of nitrogens with one attached hydrogen (secondary N) is 1. The minimum absolute atomic E-state index is 0.0959. The highest BCUT2D eigenvalue weighted by atomic mass is 32.2. The summed E-state index contributed by atoms with van der Waals surface area (Å²) in [6, 6.07) is 2.04. The van der Waals surface area contributed by atoms with Gasteiger partial charge in [0, 0.05) is 22.7 Å². The number of nitrogens with zero attached hydrogens (tertiary/aromatic N) is 2. The Morgan fingerprint density at radius 2 is 1.86 bits per heavy atom. The molecule has 1 heterocycles. The van der Waals surface area contributed by atoms with Crippen LogP contribution < -0.4 is 5.32 Å². The Bertz CT molecular complexity index is 487. The Balaban J connectivity index is 2.78. The van der Waals surface area contributed by atoms with Gasteiger partial charge in [0.05, 0.1) is 0 Å². The van der Waals surface area contributed by atoms with Crippen LogP contribution in [0.25, 0.3) is 0 Å². The summed E-state index contributed by atoms with van der Waals surface area (Å²) in [5, 5.41) is 13.4. The standard InChI is InChI=1S/C15H25N3O2S/c1-9(2)18-15(6,13(19)20)8-12(5)21-14-16-10(3)7-11(4)17-14/h7,9,12,18H,8H2,1-6H3,(H,19,20). The highest BCUT2D eigenvalue weighted by Crippen LogP contribution is 2.27. The molecule has 2 unspecified atom stereocenters. The highest BCUT2D eigenvalue weighted by molar-refractivity contribution is 7.99. The van der Waals surface area contributed by atoms with Gasteiger partial charge in [-0.15, -0.1) is 0 Å². The molecule has 0 radical (unpaired) electrons.